The van der Waals surface area contributed by atoms with E-state index in [-0.39, 0.29) is 0 Å². The van der Waals surface area contributed by atoms with Crippen molar-refractivity contribution < 1.29 is 0 Å². The summed E-state index contributed by atoms with van der Waals surface area (Å²) in [5.41, 5.74) is 0.962. The number of nitrogens with one attached hydrogen (secondary N) is 2. The molecule has 1 atom stereocenters. The van der Waals surface area contributed by atoms with E-state index in [1.54, 1.807) is 0 Å². The predicted octanol–water partition coefficient (Wildman–Crippen LogP) is 4.28. The minimum atomic E-state index is 0.674. The van der Waals surface area contributed by atoms with Crippen molar-refractivity contribution in [3.8, 4) is 0 Å². The molecule has 1 aromatic carbocycles. The molecule has 1 aliphatic rings. The fourth-order valence-electron chi connectivity index (χ4n) is 3.01. The Morgan fingerprint density at radius 2 is 2.09 bits per heavy atom. The summed E-state index contributed by atoms with van der Waals surface area (Å²) in [6, 6.07) is 8.35. The zero-order valence-electron chi connectivity index (χ0n) is 13.3. The van der Waals surface area contributed by atoms with Crippen LogP contribution in [-0.4, -0.2) is 35.7 Å². The molecular formula is C17H26ClN3S. The number of hydrogen-bond donors (Lipinski definition) is 2. The van der Waals surface area contributed by atoms with Gasteiger partial charge in [0.1, 0.15) is 0 Å². The van der Waals surface area contributed by atoms with Crippen molar-refractivity contribution in [2.24, 2.45) is 0 Å². The average molecular weight is 340 g/mol. The summed E-state index contributed by atoms with van der Waals surface area (Å²) < 4.78 is 0. The molecule has 1 fully saturated rings. The Morgan fingerprint density at radius 1 is 1.32 bits per heavy atom. The minimum absolute atomic E-state index is 0.674. The molecule has 0 amide bonds. The zero-order valence-corrected chi connectivity index (χ0v) is 14.8. The Morgan fingerprint density at radius 3 is 2.82 bits per heavy atom. The van der Waals surface area contributed by atoms with Crippen molar-refractivity contribution >= 4 is 34.6 Å². The van der Waals surface area contributed by atoms with Crippen molar-refractivity contribution in [2.75, 3.05) is 25.0 Å². The van der Waals surface area contributed by atoms with Crippen LogP contribution in [0.15, 0.2) is 24.3 Å². The number of likely N-dealkylation sites (tertiary alicyclic amines) is 1. The highest BCUT2D eigenvalue weighted by Gasteiger charge is 2.19. The third-order valence-electron chi connectivity index (χ3n) is 4.23. The number of anilines is 1. The first-order valence-electron chi connectivity index (χ1n) is 8.23. The maximum Gasteiger partial charge on any atom is 0.170 e. The first-order valence-corrected chi connectivity index (χ1v) is 9.02. The Kier molecular flexibility index (Phi) is 7.43. The highest BCUT2D eigenvalue weighted by molar-refractivity contribution is 7.80. The molecule has 0 saturated carbocycles. The van der Waals surface area contributed by atoms with Gasteiger partial charge < -0.3 is 15.5 Å². The molecule has 5 heteroatoms. The summed E-state index contributed by atoms with van der Waals surface area (Å²) in [6.45, 7) is 5.62. The van der Waals surface area contributed by atoms with Crippen molar-refractivity contribution in [3.05, 3.63) is 29.3 Å². The molecule has 22 heavy (non-hydrogen) atoms. The van der Waals surface area contributed by atoms with Crippen molar-refractivity contribution in [1.82, 2.24) is 10.2 Å². The second kappa shape index (κ2) is 9.33. The van der Waals surface area contributed by atoms with E-state index in [1.165, 1.54) is 32.2 Å². The molecule has 0 radical (unpaired) electrons. The van der Waals surface area contributed by atoms with E-state index >= 15 is 0 Å². The Bertz CT molecular complexity index is 463. The highest BCUT2D eigenvalue weighted by atomic mass is 35.5. The van der Waals surface area contributed by atoms with Crippen LogP contribution in [0.1, 0.15) is 39.0 Å². The van der Waals surface area contributed by atoms with Crippen LogP contribution in [0.3, 0.4) is 0 Å². The van der Waals surface area contributed by atoms with Crippen molar-refractivity contribution in [1.29, 1.82) is 0 Å². The van der Waals surface area contributed by atoms with E-state index in [0.29, 0.717) is 5.11 Å². The van der Waals surface area contributed by atoms with Gasteiger partial charge in [-0.2, -0.15) is 0 Å². The van der Waals surface area contributed by atoms with Gasteiger partial charge in [-0.3, -0.25) is 0 Å². The van der Waals surface area contributed by atoms with Crippen LogP contribution in [-0.2, 0) is 0 Å². The molecular weight excluding hydrogens is 314 g/mol. The van der Waals surface area contributed by atoms with Gasteiger partial charge in [-0.15, -0.1) is 0 Å². The van der Waals surface area contributed by atoms with Crippen molar-refractivity contribution in [3.63, 3.8) is 0 Å². The average Bonchev–Trinajstić information content (AvgIpc) is 2.54. The van der Waals surface area contributed by atoms with E-state index in [0.717, 1.165) is 36.3 Å². The fraction of sp³-hybridized carbons (Fsp3) is 0.588. The SMILES string of the molecule is CC[C@@H]1CCCCN1CCCNC(=S)Nc1ccc(Cl)cc1. The second-order valence-corrected chi connectivity index (χ2v) is 6.68. The molecule has 1 aliphatic heterocycles. The monoisotopic (exact) mass is 339 g/mol. The fourth-order valence-corrected chi connectivity index (χ4v) is 3.36. The Balaban J connectivity index is 1.63. The van der Waals surface area contributed by atoms with E-state index in [9.17, 15) is 0 Å². The zero-order chi connectivity index (χ0) is 15.8. The molecule has 0 bridgehead atoms. The number of hydrogen-bond acceptors (Lipinski definition) is 2. The summed E-state index contributed by atoms with van der Waals surface area (Å²) in [6.07, 6.45) is 6.49. The highest BCUT2D eigenvalue weighted by Crippen LogP contribution is 2.19. The Hall–Kier alpha value is -0.840. The molecule has 0 aliphatic carbocycles. The van der Waals surface area contributed by atoms with E-state index < -0.39 is 0 Å². The van der Waals surface area contributed by atoms with Gasteiger partial charge in [0.15, 0.2) is 5.11 Å². The maximum absolute atomic E-state index is 5.87. The largest absolute Gasteiger partial charge is 0.362 e. The summed E-state index contributed by atoms with van der Waals surface area (Å²) in [5, 5.41) is 7.86. The lowest BCUT2D eigenvalue weighted by atomic mass is 10.00. The third kappa shape index (κ3) is 5.75. The summed E-state index contributed by atoms with van der Waals surface area (Å²) >= 11 is 11.2. The van der Waals surface area contributed by atoms with E-state index in [2.05, 4.69) is 22.5 Å². The topological polar surface area (TPSA) is 27.3 Å². The predicted molar refractivity (Wildman–Crippen MR) is 99.8 cm³/mol. The molecule has 3 nitrogen and oxygen atoms in total. The van der Waals surface area contributed by atoms with Crippen LogP contribution in [0.5, 0.6) is 0 Å². The number of nitrogens with zero attached hydrogens (tertiary/aromatic N) is 1. The first-order chi connectivity index (χ1) is 10.7. The second-order valence-electron chi connectivity index (χ2n) is 5.84. The van der Waals surface area contributed by atoms with Crippen molar-refractivity contribution in [2.45, 2.75) is 45.1 Å². The van der Waals surface area contributed by atoms with Crippen LogP contribution >= 0.6 is 23.8 Å². The van der Waals surface area contributed by atoms with Crippen LogP contribution < -0.4 is 10.6 Å². The summed E-state index contributed by atoms with van der Waals surface area (Å²) in [7, 11) is 0. The lowest BCUT2D eigenvalue weighted by Crippen LogP contribution is -2.40. The lowest BCUT2D eigenvalue weighted by Gasteiger charge is -2.35. The quantitative estimate of drug-likeness (QED) is 0.597. The number of halogens is 1. The van der Waals surface area contributed by atoms with Crippen LogP contribution in [0.2, 0.25) is 5.02 Å². The minimum Gasteiger partial charge on any atom is -0.362 e. The van der Waals surface area contributed by atoms with Gasteiger partial charge in [-0.1, -0.05) is 24.9 Å². The van der Waals surface area contributed by atoms with Gasteiger partial charge in [-0.05, 0) is 68.7 Å². The smallest absolute Gasteiger partial charge is 0.170 e. The maximum atomic E-state index is 5.87. The number of thiocarbonyl (C=S) groups is 1. The Labute approximate surface area is 144 Å². The molecule has 1 saturated heterocycles. The molecule has 1 heterocycles. The molecule has 0 unspecified atom stereocenters. The molecule has 1 aromatic rings. The van der Waals surface area contributed by atoms with Crippen LogP contribution in [0.4, 0.5) is 5.69 Å². The van der Waals surface area contributed by atoms with Crippen LogP contribution in [0.25, 0.3) is 0 Å². The summed E-state index contributed by atoms with van der Waals surface area (Å²) in [4.78, 5) is 2.64. The number of rotatable bonds is 6. The number of benzene rings is 1. The molecule has 2 N–H and O–H groups in total. The van der Waals surface area contributed by atoms with E-state index in [1.807, 2.05) is 24.3 Å². The molecule has 2 rings (SSSR count). The standard InChI is InChI=1S/C17H26ClN3S/c1-2-16-6-3-4-12-21(16)13-5-11-19-17(22)20-15-9-7-14(18)8-10-15/h7-10,16H,2-6,11-13H2,1H3,(H2,19,20,22)/t16-/m1/s1. The van der Waals surface area contributed by atoms with Gasteiger partial charge in [0.2, 0.25) is 0 Å². The van der Waals surface area contributed by atoms with Gasteiger partial charge in [-0.25, -0.2) is 0 Å². The van der Waals surface area contributed by atoms with Crippen LogP contribution in [0, 0.1) is 0 Å². The first kappa shape index (κ1) is 17.5. The molecule has 122 valence electrons. The van der Waals surface area contributed by atoms with Gasteiger partial charge >= 0.3 is 0 Å². The summed E-state index contributed by atoms with van der Waals surface area (Å²) in [5.74, 6) is 0. The van der Waals surface area contributed by atoms with Gasteiger partial charge in [0.05, 0.1) is 0 Å². The van der Waals surface area contributed by atoms with E-state index in [4.69, 9.17) is 23.8 Å². The lowest BCUT2D eigenvalue weighted by molar-refractivity contribution is 0.143. The normalized spacial score (nSPS) is 18.9. The van der Waals surface area contributed by atoms with Gasteiger partial charge in [0, 0.05) is 29.8 Å². The molecule has 0 spiro atoms. The molecule has 0 aromatic heterocycles. The van der Waals surface area contributed by atoms with Gasteiger partial charge in [0.25, 0.3) is 0 Å². The number of piperidine rings is 1. The third-order valence-corrected chi connectivity index (χ3v) is 4.73.